The van der Waals surface area contributed by atoms with Gasteiger partial charge in [0.1, 0.15) is 28.0 Å². The van der Waals surface area contributed by atoms with Gasteiger partial charge >= 0.3 is 0 Å². The van der Waals surface area contributed by atoms with Gasteiger partial charge in [-0.15, -0.1) is 0 Å². The van der Waals surface area contributed by atoms with Gasteiger partial charge in [-0.1, -0.05) is 0 Å². The number of nitrogens with zero attached hydrogens (tertiary/aromatic N) is 3. The van der Waals surface area contributed by atoms with Gasteiger partial charge in [0.05, 0.1) is 6.20 Å². The van der Waals surface area contributed by atoms with Gasteiger partial charge in [-0.05, 0) is 68.4 Å². The van der Waals surface area contributed by atoms with Gasteiger partial charge in [0.15, 0.2) is 11.5 Å². The average molecular weight is 487 g/mol. The molecule has 12 heteroatoms. The maximum Gasteiger partial charge on any atom is 0.264 e. The Hall–Kier alpha value is -3.64. The van der Waals surface area contributed by atoms with E-state index in [4.69, 9.17) is 4.74 Å². The minimum atomic E-state index is -4.32. The first-order valence-corrected chi connectivity index (χ1v) is 12.0. The molecule has 0 atom stereocenters. The fourth-order valence-electron chi connectivity index (χ4n) is 3.68. The lowest BCUT2D eigenvalue weighted by Gasteiger charge is -2.23. The van der Waals surface area contributed by atoms with E-state index in [2.05, 4.69) is 30.2 Å². The Morgan fingerprint density at radius 1 is 1.03 bits per heavy atom. The molecule has 0 bridgehead atoms. The summed E-state index contributed by atoms with van der Waals surface area (Å²) in [5, 5.41) is 10.8. The molecular formula is C22H20F2N6O3S. The number of H-pyrrole nitrogens is 1. The minimum absolute atomic E-state index is 0.0297. The maximum absolute atomic E-state index is 13.9. The smallest absolute Gasteiger partial charge is 0.264 e. The minimum Gasteiger partial charge on any atom is -0.474 e. The second kappa shape index (κ2) is 8.95. The summed E-state index contributed by atoms with van der Waals surface area (Å²) >= 11 is 0. The van der Waals surface area contributed by atoms with E-state index in [0.717, 1.165) is 38.1 Å². The molecule has 0 amide bonds. The van der Waals surface area contributed by atoms with Gasteiger partial charge in [0.2, 0.25) is 5.88 Å². The van der Waals surface area contributed by atoms with Crippen LogP contribution < -0.4 is 14.8 Å². The van der Waals surface area contributed by atoms with Crippen LogP contribution in [0.1, 0.15) is 12.8 Å². The van der Waals surface area contributed by atoms with Gasteiger partial charge in [0.25, 0.3) is 10.0 Å². The zero-order valence-electron chi connectivity index (χ0n) is 17.8. The van der Waals surface area contributed by atoms with E-state index < -0.39 is 26.6 Å². The highest BCUT2D eigenvalue weighted by atomic mass is 32.2. The summed E-state index contributed by atoms with van der Waals surface area (Å²) in [6, 6.07) is 8.44. The van der Waals surface area contributed by atoms with E-state index >= 15 is 0 Å². The van der Waals surface area contributed by atoms with Crippen molar-refractivity contribution in [3.8, 4) is 17.3 Å². The molecule has 1 fully saturated rings. The highest BCUT2D eigenvalue weighted by molar-refractivity contribution is 7.92. The quantitative estimate of drug-likeness (QED) is 0.383. The Morgan fingerprint density at radius 3 is 2.56 bits per heavy atom. The Balaban J connectivity index is 1.41. The average Bonchev–Trinajstić information content (AvgIpc) is 3.31. The molecule has 1 aliphatic rings. The topological polar surface area (TPSA) is 122 Å². The van der Waals surface area contributed by atoms with Crippen LogP contribution in [0.5, 0.6) is 5.88 Å². The molecule has 2 aromatic carbocycles. The Kier molecular flexibility index (Phi) is 5.84. The Labute approximate surface area is 193 Å². The fourth-order valence-corrected chi connectivity index (χ4v) is 4.83. The van der Waals surface area contributed by atoms with Crippen LogP contribution in [-0.2, 0) is 10.0 Å². The number of hydrogen-bond acceptors (Lipinski definition) is 7. The third-order valence-corrected chi connectivity index (χ3v) is 6.81. The Bertz CT molecular complexity index is 1440. The third-order valence-electron chi connectivity index (χ3n) is 5.42. The zero-order valence-corrected chi connectivity index (χ0v) is 18.6. The largest absolute Gasteiger partial charge is 0.474 e. The van der Waals surface area contributed by atoms with Crippen LogP contribution in [0.15, 0.2) is 53.6 Å². The number of aromatic amines is 1. The molecule has 0 spiro atoms. The van der Waals surface area contributed by atoms with Gasteiger partial charge < -0.3 is 10.1 Å². The van der Waals surface area contributed by atoms with Crippen LogP contribution in [0.4, 0.5) is 14.5 Å². The zero-order chi connectivity index (χ0) is 23.7. The van der Waals surface area contributed by atoms with Crippen molar-refractivity contribution >= 4 is 26.7 Å². The molecule has 0 unspecified atom stereocenters. The summed E-state index contributed by atoms with van der Waals surface area (Å²) in [6.45, 7) is 1.74. The van der Waals surface area contributed by atoms with Crippen LogP contribution in [0.2, 0.25) is 0 Å². The molecule has 9 nitrogen and oxygen atoms in total. The van der Waals surface area contributed by atoms with Crippen molar-refractivity contribution in [1.29, 1.82) is 0 Å². The highest BCUT2D eigenvalue weighted by Gasteiger charge is 2.21. The van der Waals surface area contributed by atoms with Crippen molar-refractivity contribution < 1.29 is 21.9 Å². The van der Waals surface area contributed by atoms with Gasteiger partial charge in [-0.25, -0.2) is 22.2 Å². The monoisotopic (exact) mass is 486 g/mol. The maximum atomic E-state index is 13.9. The fraction of sp³-hybridized carbons (Fsp3) is 0.227. The molecule has 3 heterocycles. The molecule has 0 aliphatic carbocycles. The van der Waals surface area contributed by atoms with E-state index in [1.807, 2.05) is 0 Å². The van der Waals surface area contributed by atoms with E-state index in [-0.39, 0.29) is 11.8 Å². The molecule has 4 aromatic rings. The first-order valence-electron chi connectivity index (χ1n) is 10.6. The second-order valence-electron chi connectivity index (χ2n) is 7.81. The van der Waals surface area contributed by atoms with Crippen molar-refractivity contribution in [2.24, 2.45) is 0 Å². The molecule has 34 heavy (non-hydrogen) atoms. The SMILES string of the molecule is O=S(=O)(Nc1ccc(-c2nc(OC3CCNCC3)c3cn[nH]c3n2)cc1)c1cc(F)ccc1F. The van der Waals surface area contributed by atoms with E-state index in [0.29, 0.717) is 34.4 Å². The van der Waals surface area contributed by atoms with Crippen LogP contribution in [0, 0.1) is 11.6 Å². The third kappa shape index (κ3) is 4.54. The summed E-state index contributed by atoms with van der Waals surface area (Å²) in [7, 11) is -4.32. The van der Waals surface area contributed by atoms with E-state index in [1.54, 1.807) is 18.3 Å². The normalized spacial score (nSPS) is 14.9. The van der Waals surface area contributed by atoms with Crippen molar-refractivity contribution in [3.63, 3.8) is 0 Å². The lowest BCUT2D eigenvalue weighted by atomic mass is 10.1. The van der Waals surface area contributed by atoms with Crippen LogP contribution in [-0.4, -0.2) is 47.8 Å². The highest BCUT2D eigenvalue weighted by Crippen LogP contribution is 2.28. The van der Waals surface area contributed by atoms with Crippen molar-refractivity contribution in [2.45, 2.75) is 23.8 Å². The number of hydrogen-bond donors (Lipinski definition) is 3. The number of halogens is 2. The summed E-state index contributed by atoms with van der Waals surface area (Å²) in [5.74, 6) is -1.11. The number of sulfonamides is 1. The molecule has 1 saturated heterocycles. The van der Waals surface area contributed by atoms with E-state index in [1.165, 1.54) is 12.1 Å². The predicted octanol–water partition coefficient (Wildman–Crippen LogP) is 3.23. The first kappa shape index (κ1) is 22.2. The molecule has 176 valence electrons. The number of benzene rings is 2. The van der Waals surface area contributed by atoms with Gasteiger partial charge in [-0.2, -0.15) is 10.1 Å². The lowest BCUT2D eigenvalue weighted by molar-refractivity contribution is 0.158. The van der Waals surface area contributed by atoms with Crippen LogP contribution >= 0.6 is 0 Å². The molecule has 1 aliphatic heterocycles. The second-order valence-corrected chi connectivity index (χ2v) is 9.46. The molecule has 2 aromatic heterocycles. The first-order chi connectivity index (χ1) is 16.4. The molecule has 0 radical (unpaired) electrons. The molecule has 0 saturated carbocycles. The molecular weight excluding hydrogens is 466 g/mol. The molecule has 3 N–H and O–H groups in total. The van der Waals surface area contributed by atoms with Crippen molar-refractivity contribution in [1.82, 2.24) is 25.5 Å². The standard InChI is InChI=1S/C22H20F2N6O3S/c23-14-3-6-18(24)19(11-14)34(31,32)30-15-4-1-13(2-5-15)20-27-21-17(12-26-29-21)22(28-20)33-16-7-9-25-10-8-16/h1-6,11-12,16,25,30H,7-10H2,(H,26,27,28,29). The summed E-state index contributed by atoms with van der Waals surface area (Å²) in [6.07, 6.45) is 3.36. The summed E-state index contributed by atoms with van der Waals surface area (Å²) in [5.41, 5.74) is 1.29. The van der Waals surface area contributed by atoms with E-state index in [9.17, 15) is 17.2 Å². The number of anilines is 1. The van der Waals surface area contributed by atoms with Crippen molar-refractivity contribution in [3.05, 3.63) is 60.3 Å². The number of aromatic nitrogens is 4. The van der Waals surface area contributed by atoms with Gasteiger partial charge in [0, 0.05) is 11.3 Å². The van der Waals surface area contributed by atoms with Crippen LogP contribution in [0.3, 0.4) is 0 Å². The number of ether oxygens (including phenoxy) is 1. The molecule has 5 rings (SSSR count). The number of fused-ring (bicyclic) bond motifs is 1. The Morgan fingerprint density at radius 2 is 1.79 bits per heavy atom. The number of rotatable bonds is 6. The predicted molar refractivity (Wildman–Crippen MR) is 121 cm³/mol. The summed E-state index contributed by atoms with van der Waals surface area (Å²) in [4.78, 5) is 8.27. The van der Waals surface area contributed by atoms with Gasteiger partial charge in [-0.3, -0.25) is 9.82 Å². The van der Waals surface area contributed by atoms with Crippen LogP contribution in [0.25, 0.3) is 22.4 Å². The lowest BCUT2D eigenvalue weighted by Crippen LogP contribution is -2.34. The number of nitrogens with one attached hydrogen (secondary N) is 3. The van der Waals surface area contributed by atoms with Crippen molar-refractivity contribution in [2.75, 3.05) is 17.8 Å². The summed E-state index contributed by atoms with van der Waals surface area (Å²) < 4.78 is 60.8. The number of piperidine rings is 1.